The standard InChI is InChI=1S/C14H22N4O2/c15-14-17-12(10-5-3-1-2-4-6-10)16-13(18-14)11-9-19-7-8-20-11/h10-11H,1-9H2,(H2,15,16,17,18). The summed E-state index contributed by atoms with van der Waals surface area (Å²) in [5.41, 5.74) is 5.85. The lowest BCUT2D eigenvalue weighted by molar-refractivity contribution is -0.0936. The van der Waals surface area contributed by atoms with Gasteiger partial charge in [-0.25, -0.2) is 4.98 Å². The number of aromatic nitrogens is 3. The fraction of sp³-hybridized carbons (Fsp3) is 0.786. The Bertz CT molecular complexity index is 441. The van der Waals surface area contributed by atoms with Gasteiger partial charge in [0.05, 0.1) is 19.8 Å². The van der Waals surface area contributed by atoms with Gasteiger partial charge in [0.2, 0.25) is 5.95 Å². The van der Waals surface area contributed by atoms with Crippen LogP contribution in [0.2, 0.25) is 0 Å². The first-order valence-electron chi connectivity index (χ1n) is 7.53. The van der Waals surface area contributed by atoms with Crippen LogP contribution < -0.4 is 5.73 Å². The van der Waals surface area contributed by atoms with Gasteiger partial charge in [-0.3, -0.25) is 0 Å². The molecule has 0 spiro atoms. The van der Waals surface area contributed by atoms with Gasteiger partial charge >= 0.3 is 0 Å². The van der Waals surface area contributed by atoms with Crippen molar-refractivity contribution in [3.8, 4) is 0 Å². The molecule has 110 valence electrons. The molecule has 0 bridgehead atoms. The summed E-state index contributed by atoms with van der Waals surface area (Å²) >= 11 is 0. The first-order chi connectivity index (χ1) is 9.83. The number of nitrogen functional groups attached to an aromatic ring is 1. The molecule has 2 heterocycles. The molecule has 1 aromatic rings. The molecule has 2 N–H and O–H groups in total. The molecular weight excluding hydrogens is 256 g/mol. The molecule has 1 aliphatic carbocycles. The second-order valence-electron chi connectivity index (χ2n) is 5.53. The highest BCUT2D eigenvalue weighted by Crippen LogP contribution is 2.30. The van der Waals surface area contributed by atoms with Crippen LogP contribution in [0.1, 0.15) is 62.2 Å². The second kappa shape index (κ2) is 6.45. The average Bonchev–Trinajstić information content (AvgIpc) is 2.77. The van der Waals surface area contributed by atoms with E-state index in [1.165, 1.54) is 25.7 Å². The van der Waals surface area contributed by atoms with Crippen molar-refractivity contribution < 1.29 is 9.47 Å². The van der Waals surface area contributed by atoms with Gasteiger partial charge in [0, 0.05) is 5.92 Å². The first-order valence-corrected chi connectivity index (χ1v) is 7.53. The van der Waals surface area contributed by atoms with E-state index in [0.29, 0.717) is 37.5 Å². The van der Waals surface area contributed by atoms with Crippen molar-refractivity contribution in [2.45, 2.75) is 50.5 Å². The molecular formula is C14H22N4O2. The lowest BCUT2D eigenvalue weighted by Gasteiger charge is -2.22. The Morgan fingerprint density at radius 1 is 0.900 bits per heavy atom. The van der Waals surface area contributed by atoms with Crippen LogP contribution in [0.3, 0.4) is 0 Å². The summed E-state index contributed by atoms with van der Waals surface area (Å²) in [6, 6.07) is 0. The molecule has 1 atom stereocenters. The number of nitrogens with zero attached hydrogens (tertiary/aromatic N) is 3. The van der Waals surface area contributed by atoms with Gasteiger partial charge in [0.1, 0.15) is 11.9 Å². The minimum Gasteiger partial charge on any atom is -0.376 e. The summed E-state index contributed by atoms with van der Waals surface area (Å²) in [7, 11) is 0. The summed E-state index contributed by atoms with van der Waals surface area (Å²) < 4.78 is 11.1. The highest BCUT2D eigenvalue weighted by atomic mass is 16.6. The van der Waals surface area contributed by atoms with Crippen LogP contribution in [0.25, 0.3) is 0 Å². The molecule has 1 saturated heterocycles. The van der Waals surface area contributed by atoms with Crippen LogP contribution in [-0.4, -0.2) is 34.8 Å². The number of hydrogen-bond donors (Lipinski definition) is 1. The van der Waals surface area contributed by atoms with Gasteiger partial charge in [-0.05, 0) is 12.8 Å². The highest BCUT2D eigenvalue weighted by Gasteiger charge is 2.24. The van der Waals surface area contributed by atoms with Crippen LogP contribution in [0, 0.1) is 0 Å². The largest absolute Gasteiger partial charge is 0.376 e. The number of rotatable bonds is 2. The normalized spacial score (nSPS) is 25.3. The molecule has 1 unspecified atom stereocenters. The molecule has 2 aliphatic rings. The topological polar surface area (TPSA) is 83.2 Å². The third-order valence-corrected chi connectivity index (χ3v) is 4.01. The van der Waals surface area contributed by atoms with Crippen molar-refractivity contribution in [3.05, 3.63) is 11.6 Å². The maximum Gasteiger partial charge on any atom is 0.223 e. The predicted octanol–water partition coefficient (Wildman–Crippen LogP) is 1.98. The maximum absolute atomic E-state index is 5.85. The van der Waals surface area contributed by atoms with Crippen molar-refractivity contribution in [2.24, 2.45) is 0 Å². The van der Waals surface area contributed by atoms with E-state index >= 15 is 0 Å². The maximum atomic E-state index is 5.85. The fourth-order valence-electron chi connectivity index (χ4n) is 2.93. The molecule has 6 heteroatoms. The Balaban J connectivity index is 1.81. The van der Waals surface area contributed by atoms with E-state index in [0.717, 1.165) is 18.7 Å². The van der Waals surface area contributed by atoms with Crippen LogP contribution in [-0.2, 0) is 9.47 Å². The SMILES string of the molecule is Nc1nc(C2CCCCCC2)nc(C2COCCO2)n1. The molecule has 1 aromatic heterocycles. The average molecular weight is 278 g/mol. The summed E-state index contributed by atoms with van der Waals surface area (Å²) in [6.45, 7) is 1.70. The third-order valence-electron chi connectivity index (χ3n) is 4.01. The van der Waals surface area contributed by atoms with E-state index in [1.807, 2.05) is 0 Å². The molecule has 6 nitrogen and oxygen atoms in total. The van der Waals surface area contributed by atoms with Gasteiger partial charge in [0.25, 0.3) is 0 Å². The van der Waals surface area contributed by atoms with Gasteiger partial charge < -0.3 is 15.2 Å². The zero-order valence-corrected chi connectivity index (χ0v) is 11.8. The molecule has 20 heavy (non-hydrogen) atoms. The summed E-state index contributed by atoms with van der Waals surface area (Å²) in [4.78, 5) is 13.2. The zero-order valence-electron chi connectivity index (χ0n) is 11.8. The summed E-state index contributed by atoms with van der Waals surface area (Å²) in [5, 5.41) is 0. The van der Waals surface area contributed by atoms with Gasteiger partial charge in [-0.1, -0.05) is 25.7 Å². The minimum atomic E-state index is -0.210. The van der Waals surface area contributed by atoms with E-state index in [9.17, 15) is 0 Å². The number of anilines is 1. The van der Waals surface area contributed by atoms with E-state index < -0.39 is 0 Å². The summed E-state index contributed by atoms with van der Waals surface area (Å²) in [6.07, 6.45) is 7.19. The monoisotopic (exact) mass is 278 g/mol. The fourth-order valence-corrected chi connectivity index (χ4v) is 2.93. The molecule has 0 aromatic carbocycles. The molecule has 0 amide bonds. The lowest BCUT2D eigenvalue weighted by Crippen LogP contribution is -2.25. The number of hydrogen-bond acceptors (Lipinski definition) is 6. The second-order valence-corrected chi connectivity index (χ2v) is 5.53. The van der Waals surface area contributed by atoms with E-state index in [1.54, 1.807) is 0 Å². The van der Waals surface area contributed by atoms with Crippen molar-refractivity contribution in [1.29, 1.82) is 0 Å². The van der Waals surface area contributed by atoms with Crippen molar-refractivity contribution in [3.63, 3.8) is 0 Å². The van der Waals surface area contributed by atoms with Crippen LogP contribution in [0.5, 0.6) is 0 Å². The van der Waals surface area contributed by atoms with E-state index in [4.69, 9.17) is 15.2 Å². The number of ether oxygens (including phenoxy) is 2. The Kier molecular flexibility index (Phi) is 4.42. The third kappa shape index (κ3) is 3.24. The Morgan fingerprint density at radius 2 is 1.65 bits per heavy atom. The van der Waals surface area contributed by atoms with Crippen LogP contribution in [0.15, 0.2) is 0 Å². The molecule has 3 rings (SSSR count). The molecule has 0 radical (unpaired) electrons. The van der Waals surface area contributed by atoms with Crippen LogP contribution in [0.4, 0.5) is 5.95 Å². The summed E-state index contributed by atoms with van der Waals surface area (Å²) in [5.74, 6) is 2.16. The van der Waals surface area contributed by atoms with Gasteiger partial charge in [-0.15, -0.1) is 0 Å². The van der Waals surface area contributed by atoms with E-state index in [2.05, 4.69) is 15.0 Å². The first kappa shape index (κ1) is 13.7. The number of nitrogens with two attached hydrogens (primary N) is 1. The van der Waals surface area contributed by atoms with Gasteiger partial charge in [0.15, 0.2) is 5.82 Å². The van der Waals surface area contributed by atoms with E-state index in [-0.39, 0.29) is 6.10 Å². The lowest BCUT2D eigenvalue weighted by atomic mass is 9.99. The minimum absolute atomic E-state index is 0.210. The zero-order chi connectivity index (χ0) is 13.8. The predicted molar refractivity (Wildman–Crippen MR) is 74.2 cm³/mol. The van der Waals surface area contributed by atoms with Crippen molar-refractivity contribution in [2.75, 3.05) is 25.6 Å². The molecule has 1 saturated carbocycles. The quantitative estimate of drug-likeness (QED) is 0.833. The van der Waals surface area contributed by atoms with Crippen LogP contribution >= 0.6 is 0 Å². The highest BCUT2D eigenvalue weighted by molar-refractivity contribution is 5.18. The Labute approximate surface area is 119 Å². The van der Waals surface area contributed by atoms with Gasteiger partial charge in [-0.2, -0.15) is 9.97 Å². The Hall–Kier alpha value is -1.27. The van der Waals surface area contributed by atoms with Crippen molar-refractivity contribution in [1.82, 2.24) is 15.0 Å². The smallest absolute Gasteiger partial charge is 0.223 e. The Morgan fingerprint density at radius 3 is 2.35 bits per heavy atom. The van der Waals surface area contributed by atoms with Crippen molar-refractivity contribution >= 4 is 5.95 Å². The molecule has 1 aliphatic heterocycles. The molecule has 2 fully saturated rings.